The largest absolute Gasteiger partial charge is 0.494 e. The summed E-state index contributed by atoms with van der Waals surface area (Å²) in [4.78, 5) is 28.1. The number of carbonyl (C=O) groups is 2. The number of nitrogens with zero attached hydrogens (tertiary/aromatic N) is 2. The summed E-state index contributed by atoms with van der Waals surface area (Å²) in [5.74, 6) is 0.374. The number of ether oxygens (including phenoxy) is 1. The molecule has 1 atom stereocenters. The molecule has 8 nitrogen and oxygen atoms in total. The predicted molar refractivity (Wildman–Crippen MR) is 151 cm³/mol. The molecule has 1 aliphatic carbocycles. The molecule has 0 radical (unpaired) electrons. The molecule has 38 heavy (non-hydrogen) atoms. The highest BCUT2D eigenvalue weighted by atomic mass is 32.2. The molecule has 1 aliphatic rings. The number of anilines is 1. The number of hydrogen-bond acceptors (Lipinski definition) is 5. The van der Waals surface area contributed by atoms with Crippen molar-refractivity contribution in [2.75, 3.05) is 30.3 Å². The van der Waals surface area contributed by atoms with E-state index in [1.165, 1.54) is 4.31 Å². The van der Waals surface area contributed by atoms with Gasteiger partial charge in [0, 0.05) is 25.6 Å². The highest BCUT2D eigenvalue weighted by molar-refractivity contribution is 7.92. The zero-order valence-electron chi connectivity index (χ0n) is 22.8. The quantitative estimate of drug-likeness (QED) is 0.386. The molecule has 2 aromatic carbocycles. The van der Waals surface area contributed by atoms with Gasteiger partial charge in [-0.05, 0) is 69.4 Å². The van der Waals surface area contributed by atoms with Gasteiger partial charge in [0.1, 0.15) is 11.8 Å². The topological polar surface area (TPSA) is 96.0 Å². The van der Waals surface area contributed by atoms with E-state index in [0.717, 1.165) is 37.5 Å². The molecule has 0 bridgehead atoms. The fourth-order valence-electron chi connectivity index (χ4n) is 4.84. The van der Waals surface area contributed by atoms with Crippen molar-refractivity contribution in [1.82, 2.24) is 10.2 Å². The minimum absolute atomic E-state index is 0.134. The lowest BCUT2D eigenvalue weighted by molar-refractivity contribution is -0.140. The fraction of sp³-hybridized carbons (Fsp3) is 0.517. The van der Waals surface area contributed by atoms with Gasteiger partial charge in [-0.1, -0.05) is 43.2 Å². The molecule has 9 heteroatoms. The second-order valence-electron chi connectivity index (χ2n) is 9.85. The van der Waals surface area contributed by atoms with Crippen molar-refractivity contribution in [3.05, 3.63) is 60.2 Å². The Bertz CT molecular complexity index is 1130. The van der Waals surface area contributed by atoms with Crippen LogP contribution in [0.3, 0.4) is 0 Å². The van der Waals surface area contributed by atoms with Crippen molar-refractivity contribution in [3.63, 3.8) is 0 Å². The summed E-state index contributed by atoms with van der Waals surface area (Å²) >= 11 is 0. The normalized spacial score (nSPS) is 14.6. The third-order valence-electron chi connectivity index (χ3n) is 6.94. The Kier molecular flexibility index (Phi) is 11.0. The first-order chi connectivity index (χ1) is 18.2. The number of sulfonamides is 1. The summed E-state index contributed by atoms with van der Waals surface area (Å²) in [6.45, 7) is 4.76. The average molecular weight is 544 g/mol. The van der Waals surface area contributed by atoms with Crippen molar-refractivity contribution in [2.45, 2.75) is 70.9 Å². The van der Waals surface area contributed by atoms with Gasteiger partial charge in [-0.25, -0.2) is 8.42 Å². The lowest BCUT2D eigenvalue weighted by Crippen LogP contribution is -2.50. The molecule has 1 saturated carbocycles. The van der Waals surface area contributed by atoms with Crippen LogP contribution in [0.1, 0.15) is 57.9 Å². The Hall–Kier alpha value is -3.07. The molecule has 2 amide bonds. The number of benzene rings is 2. The number of nitrogens with one attached hydrogen (secondary N) is 1. The van der Waals surface area contributed by atoms with Gasteiger partial charge < -0.3 is 15.0 Å². The average Bonchev–Trinajstić information content (AvgIpc) is 3.40. The minimum atomic E-state index is -3.55. The Balaban J connectivity index is 1.66. The standard InChI is InChI=1S/C29H41N3O5S/c1-4-37-27-18-16-26(17-19-27)32(38(3,35)36)21-10-15-28(33)31(22-20-24-11-6-5-7-12-24)23(2)29(34)30-25-13-8-9-14-25/h5-7,11-12,16-19,23,25H,4,8-10,13-15,20-22H2,1-3H3,(H,30,34)/t23-/m0/s1. The molecule has 1 fully saturated rings. The van der Waals surface area contributed by atoms with Crippen molar-refractivity contribution in [1.29, 1.82) is 0 Å². The number of hydrogen-bond donors (Lipinski definition) is 1. The molecular formula is C29H41N3O5S. The van der Waals surface area contributed by atoms with Crippen molar-refractivity contribution in [3.8, 4) is 5.75 Å². The second kappa shape index (κ2) is 14.2. The molecular weight excluding hydrogens is 502 g/mol. The van der Waals surface area contributed by atoms with Gasteiger partial charge in [-0.2, -0.15) is 0 Å². The molecule has 208 valence electrons. The first kappa shape index (κ1) is 29.5. The summed E-state index contributed by atoms with van der Waals surface area (Å²) in [6.07, 6.45) is 6.44. The lowest BCUT2D eigenvalue weighted by atomic mass is 10.1. The van der Waals surface area contributed by atoms with Gasteiger partial charge in [-0.3, -0.25) is 13.9 Å². The molecule has 0 heterocycles. The van der Waals surface area contributed by atoms with E-state index in [4.69, 9.17) is 4.74 Å². The Morgan fingerprint density at radius 2 is 1.68 bits per heavy atom. The molecule has 1 N–H and O–H groups in total. The lowest BCUT2D eigenvalue weighted by Gasteiger charge is -2.30. The van der Waals surface area contributed by atoms with Crippen molar-refractivity contribution < 1.29 is 22.7 Å². The highest BCUT2D eigenvalue weighted by Gasteiger charge is 2.28. The molecule has 0 spiro atoms. The third kappa shape index (κ3) is 8.75. The monoisotopic (exact) mass is 543 g/mol. The SMILES string of the molecule is CCOc1ccc(N(CCCC(=O)N(CCc2ccccc2)[C@@H](C)C(=O)NC2CCCC2)S(C)(=O)=O)cc1. The molecule has 0 aromatic heterocycles. The van der Waals surface area contributed by atoms with Crippen LogP contribution in [-0.2, 0) is 26.0 Å². The smallest absolute Gasteiger partial charge is 0.242 e. The van der Waals surface area contributed by atoms with Crippen LogP contribution in [0.2, 0.25) is 0 Å². The van der Waals surface area contributed by atoms with Crippen LogP contribution in [0, 0.1) is 0 Å². The van der Waals surface area contributed by atoms with E-state index in [1.807, 2.05) is 37.3 Å². The summed E-state index contributed by atoms with van der Waals surface area (Å²) < 4.78 is 31.8. The first-order valence-corrected chi connectivity index (χ1v) is 15.4. The van der Waals surface area contributed by atoms with E-state index >= 15 is 0 Å². The summed E-state index contributed by atoms with van der Waals surface area (Å²) in [7, 11) is -3.55. The molecule has 3 rings (SSSR count). The van der Waals surface area contributed by atoms with Gasteiger partial charge in [0.05, 0.1) is 18.6 Å². The zero-order valence-corrected chi connectivity index (χ0v) is 23.6. The van der Waals surface area contributed by atoms with Crippen LogP contribution < -0.4 is 14.4 Å². The summed E-state index contributed by atoms with van der Waals surface area (Å²) in [6, 6.07) is 16.3. The fourth-order valence-corrected chi connectivity index (χ4v) is 5.81. The van der Waals surface area contributed by atoms with E-state index in [9.17, 15) is 18.0 Å². The predicted octanol–water partition coefficient (Wildman–Crippen LogP) is 4.15. The highest BCUT2D eigenvalue weighted by Crippen LogP contribution is 2.23. The molecule has 0 unspecified atom stereocenters. The van der Waals surface area contributed by atoms with E-state index in [1.54, 1.807) is 36.1 Å². The Morgan fingerprint density at radius 3 is 2.29 bits per heavy atom. The maximum absolute atomic E-state index is 13.4. The van der Waals surface area contributed by atoms with E-state index in [-0.39, 0.29) is 30.8 Å². The third-order valence-corrected chi connectivity index (χ3v) is 8.14. The number of amides is 2. The molecule has 0 saturated heterocycles. The van der Waals surface area contributed by atoms with Gasteiger partial charge in [0.25, 0.3) is 0 Å². The Morgan fingerprint density at radius 1 is 1.03 bits per heavy atom. The van der Waals surface area contributed by atoms with Gasteiger partial charge in [0.2, 0.25) is 21.8 Å². The maximum atomic E-state index is 13.4. The number of carbonyl (C=O) groups excluding carboxylic acids is 2. The van der Waals surface area contributed by atoms with E-state index in [2.05, 4.69) is 5.32 Å². The molecule has 0 aliphatic heterocycles. The van der Waals surface area contributed by atoms with Crippen LogP contribution in [0.15, 0.2) is 54.6 Å². The first-order valence-electron chi connectivity index (χ1n) is 13.5. The number of rotatable bonds is 14. The van der Waals surface area contributed by atoms with E-state index < -0.39 is 16.1 Å². The van der Waals surface area contributed by atoms with Gasteiger partial charge in [-0.15, -0.1) is 0 Å². The van der Waals surface area contributed by atoms with Crippen molar-refractivity contribution >= 4 is 27.5 Å². The van der Waals surface area contributed by atoms with Crippen LogP contribution >= 0.6 is 0 Å². The van der Waals surface area contributed by atoms with E-state index in [0.29, 0.717) is 37.4 Å². The zero-order chi connectivity index (χ0) is 27.5. The van der Waals surface area contributed by atoms with Crippen LogP contribution in [0.25, 0.3) is 0 Å². The van der Waals surface area contributed by atoms with Crippen LogP contribution in [0.5, 0.6) is 5.75 Å². The minimum Gasteiger partial charge on any atom is -0.494 e. The van der Waals surface area contributed by atoms with Gasteiger partial charge >= 0.3 is 0 Å². The summed E-state index contributed by atoms with van der Waals surface area (Å²) in [5.41, 5.74) is 1.61. The van der Waals surface area contributed by atoms with Crippen molar-refractivity contribution in [2.24, 2.45) is 0 Å². The molecule has 2 aromatic rings. The Labute approximate surface area is 227 Å². The van der Waals surface area contributed by atoms with Crippen LogP contribution in [-0.4, -0.2) is 63.2 Å². The van der Waals surface area contributed by atoms with Crippen LogP contribution in [0.4, 0.5) is 5.69 Å². The maximum Gasteiger partial charge on any atom is 0.242 e. The van der Waals surface area contributed by atoms with Gasteiger partial charge in [0.15, 0.2) is 0 Å². The second-order valence-corrected chi connectivity index (χ2v) is 11.8. The summed E-state index contributed by atoms with van der Waals surface area (Å²) in [5, 5.41) is 3.11.